The van der Waals surface area contributed by atoms with Crippen molar-refractivity contribution in [2.75, 3.05) is 6.61 Å². The number of alkyl halides is 3. The molecule has 0 saturated heterocycles. The van der Waals surface area contributed by atoms with Gasteiger partial charge in [-0.2, -0.15) is 13.2 Å². The number of ether oxygens (including phenoxy) is 3. The Morgan fingerprint density at radius 2 is 1.83 bits per heavy atom. The highest BCUT2D eigenvalue weighted by molar-refractivity contribution is 6.32. The standard InChI is InChI=1S/C19H16ClF3O6/c1-3-27-18(26)10(2)28-16-9-12(5-6-13(16)17(24)25)29-15-7-4-11(8-14(15)20)19(21,22)23/h4-10H,3H2,1-2H3,(H,24,25). The van der Waals surface area contributed by atoms with Crippen molar-refractivity contribution in [2.24, 2.45) is 0 Å². The van der Waals surface area contributed by atoms with Crippen molar-refractivity contribution >= 4 is 23.5 Å². The van der Waals surface area contributed by atoms with Gasteiger partial charge in [-0.25, -0.2) is 9.59 Å². The minimum Gasteiger partial charge on any atom is -0.478 e. The Morgan fingerprint density at radius 1 is 1.14 bits per heavy atom. The van der Waals surface area contributed by atoms with Crippen LogP contribution in [-0.2, 0) is 15.7 Å². The number of carbonyl (C=O) groups is 2. The maximum absolute atomic E-state index is 12.7. The Bertz CT molecular complexity index is 913. The molecule has 0 aromatic heterocycles. The average molecular weight is 433 g/mol. The van der Waals surface area contributed by atoms with Crippen LogP contribution in [-0.4, -0.2) is 29.8 Å². The summed E-state index contributed by atoms with van der Waals surface area (Å²) in [5.74, 6) is -2.22. The van der Waals surface area contributed by atoms with Crippen molar-refractivity contribution in [3.63, 3.8) is 0 Å². The van der Waals surface area contributed by atoms with E-state index in [1.165, 1.54) is 25.1 Å². The number of halogens is 4. The van der Waals surface area contributed by atoms with Gasteiger partial charge in [0.1, 0.15) is 22.8 Å². The second kappa shape index (κ2) is 9.04. The van der Waals surface area contributed by atoms with E-state index in [1.807, 2.05) is 0 Å². The first kappa shape index (κ1) is 22.4. The molecule has 1 atom stereocenters. The SMILES string of the molecule is CCOC(=O)C(C)Oc1cc(Oc2ccc(C(F)(F)F)cc2Cl)ccc1C(=O)O. The highest BCUT2D eigenvalue weighted by atomic mass is 35.5. The number of carboxylic acids is 1. The van der Waals surface area contributed by atoms with Crippen molar-refractivity contribution in [2.45, 2.75) is 26.1 Å². The van der Waals surface area contributed by atoms with E-state index in [-0.39, 0.29) is 34.4 Å². The van der Waals surface area contributed by atoms with Crippen LogP contribution in [0, 0.1) is 0 Å². The minimum absolute atomic E-state index is 0.0442. The molecule has 1 unspecified atom stereocenters. The summed E-state index contributed by atoms with van der Waals surface area (Å²) in [6.07, 6.45) is -5.66. The van der Waals surface area contributed by atoms with Crippen molar-refractivity contribution in [3.8, 4) is 17.2 Å². The third kappa shape index (κ3) is 5.77. The van der Waals surface area contributed by atoms with Crippen LogP contribution in [0.15, 0.2) is 36.4 Å². The zero-order valence-electron chi connectivity index (χ0n) is 15.2. The number of benzene rings is 2. The van der Waals surface area contributed by atoms with Gasteiger partial charge in [0.25, 0.3) is 0 Å². The van der Waals surface area contributed by atoms with Crippen molar-refractivity contribution in [1.29, 1.82) is 0 Å². The molecular formula is C19H16ClF3O6. The number of carboxylic acid groups (broad SMARTS) is 1. The largest absolute Gasteiger partial charge is 0.478 e. The highest BCUT2D eigenvalue weighted by Crippen LogP contribution is 2.37. The van der Waals surface area contributed by atoms with Crippen molar-refractivity contribution in [1.82, 2.24) is 0 Å². The second-order valence-corrected chi connectivity index (χ2v) is 6.13. The lowest BCUT2D eigenvalue weighted by Gasteiger charge is -2.16. The number of esters is 1. The lowest BCUT2D eigenvalue weighted by atomic mass is 10.2. The molecule has 0 aliphatic rings. The third-order valence-electron chi connectivity index (χ3n) is 3.59. The number of aromatic carboxylic acids is 1. The van der Waals surface area contributed by atoms with Crippen LogP contribution >= 0.6 is 11.6 Å². The van der Waals surface area contributed by atoms with E-state index in [2.05, 4.69) is 0 Å². The molecule has 29 heavy (non-hydrogen) atoms. The number of hydrogen-bond acceptors (Lipinski definition) is 5. The molecule has 0 fully saturated rings. The van der Waals surface area contributed by atoms with Crippen LogP contribution in [0.2, 0.25) is 5.02 Å². The summed E-state index contributed by atoms with van der Waals surface area (Å²) in [4.78, 5) is 23.1. The highest BCUT2D eigenvalue weighted by Gasteiger charge is 2.31. The van der Waals surface area contributed by atoms with Gasteiger partial charge >= 0.3 is 18.1 Å². The lowest BCUT2D eigenvalue weighted by molar-refractivity contribution is -0.150. The fourth-order valence-corrected chi connectivity index (χ4v) is 2.44. The Hall–Kier alpha value is -2.94. The Labute approximate surface area is 168 Å². The van der Waals surface area contributed by atoms with Crippen LogP contribution in [0.5, 0.6) is 17.2 Å². The lowest BCUT2D eigenvalue weighted by Crippen LogP contribution is -2.26. The summed E-state index contributed by atoms with van der Waals surface area (Å²) in [5.41, 5.74) is -1.18. The van der Waals surface area contributed by atoms with E-state index in [0.717, 1.165) is 12.1 Å². The predicted molar refractivity (Wildman–Crippen MR) is 96.7 cm³/mol. The van der Waals surface area contributed by atoms with Gasteiger partial charge in [-0.15, -0.1) is 0 Å². The summed E-state index contributed by atoms with van der Waals surface area (Å²) in [6.45, 7) is 3.10. The van der Waals surface area contributed by atoms with Gasteiger partial charge in [0.2, 0.25) is 0 Å². The van der Waals surface area contributed by atoms with Crippen LogP contribution in [0.25, 0.3) is 0 Å². The second-order valence-electron chi connectivity index (χ2n) is 5.72. The molecule has 0 aliphatic carbocycles. The molecule has 2 aromatic carbocycles. The van der Waals surface area contributed by atoms with Gasteiger partial charge in [0, 0.05) is 6.07 Å². The molecule has 0 radical (unpaired) electrons. The van der Waals surface area contributed by atoms with E-state index >= 15 is 0 Å². The van der Waals surface area contributed by atoms with Gasteiger partial charge in [0.15, 0.2) is 6.10 Å². The summed E-state index contributed by atoms with van der Waals surface area (Å²) in [7, 11) is 0. The number of hydrogen-bond donors (Lipinski definition) is 1. The van der Waals surface area contributed by atoms with Gasteiger partial charge in [0.05, 0.1) is 17.2 Å². The molecule has 156 valence electrons. The normalized spacial score (nSPS) is 12.2. The van der Waals surface area contributed by atoms with Crippen molar-refractivity contribution < 1.29 is 42.1 Å². The summed E-state index contributed by atoms with van der Waals surface area (Å²) < 4.78 is 53.8. The zero-order valence-corrected chi connectivity index (χ0v) is 16.0. The molecule has 6 nitrogen and oxygen atoms in total. The minimum atomic E-state index is -4.56. The Morgan fingerprint density at radius 3 is 2.38 bits per heavy atom. The Kier molecular flexibility index (Phi) is 6.97. The summed E-state index contributed by atoms with van der Waals surface area (Å²) in [5, 5.41) is 9.00. The predicted octanol–water partition coefficient (Wildman–Crippen LogP) is 5.18. The van der Waals surface area contributed by atoms with E-state index in [9.17, 15) is 27.9 Å². The molecule has 0 bridgehead atoms. The van der Waals surface area contributed by atoms with Gasteiger partial charge < -0.3 is 19.3 Å². The molecule has 0 aliphatic heterocycles. The quantitative estimate of drug-likeness (QED) is 0.607. The van der Waals surface area contributed by atoms with Crippen LogP contribution in [0.4, 0.5) is 13.2 Å². The molecule has 2 rings (SSSR count). The van der Waals surface area contributed by atoms with Crippen LogP contribution in [0.1, 0.15) is 29.8 Å². The van der Waals surface area contributed by atoms with Crippen LogP contribution in [0.3, 0.4) is 0 Å². The van der Waals surface area contributed by atoms with E-state index in [0.29, 0.717) is 6.07 Å². The van der Waals surface area contributed by atoms with Gasteiger partial charge in [-0.05, 0) is 44.2 Å². The third-order valence-corrected chi connectivity index (χ3v) is 3.89. The van der Waals surface area contributed by atoms with E-state index < -0.39 is 29.8 Å². The van der Waals surface area contributed by atoms with E-state index in [4.69, 9.17) is 25.8 Å². The molecule has 0 amide bonds. The maximum atomic E-state index is 12.7. The average Bonchev–Trinajstić information content (AvgIpc) is 2.62. The number of rotatable bonds is 7. The van der Waals surface area contributed by atoms with Gasteiger partial charge in [-0.1, -0.05) is 11.6 Å². The smallest absolute Gasteiger partial charge is 0.416 e. The summed E-state index contributed by atoms with van der Waals surface area (Å²) in [6, 6.07) is 6.18. The fraction of sp³-hybridized carbons (Fsp3) is 0.263. The maximum Gasteiger partial charge on any atom is 0.416 e. The van der Waals surface area contributed by atoms with Crippen molar-refractivity contribution in [3.05, 3.63) is 52.5 Å². The molecule has 10 heteroatoms. The molecule has 0 heterocycles. The number of carbonyl (C=O) groups excluding carboxylic acids is 1. The van der Waals surface area contributed by atoms with Crippen LogP contribution < -0.4 is 9.47 Å². The van der Waals surface area contributed by atoms with E-state index in [1.54, 1.807) is 6.92 Å². The first-order valence-corrected chi connectivity index (χ1v) is 8.66. The molecule has 1 N–H and O–H groups in total. The topological polar surface area (TPSA) is 82.1 Å². The molecule has 2 aromatic rings. The first-order valence-electron chi connectivity index (χ1n) is 8.28. The molecule has 0 saturated carbocycles. The summed E-state index contributed by atoms with van der Waals surface area (Å²) >= 11 is 5.86. The fourth-order valence-electron chi connectivity index (χ4n) is 2.23. The first-order chi connectivity index (χ1) is 13.5. The molecule has 0 spiro atoms. The Balaban J connectivity index is 2.31. The zero-order chi connectivity index (χ0) is 21.8. The molecular weight excluding hydrogens is 417 g/mol. The van der Waals surface area contributed by atoms with Gasteiger partial charge in [-0.3, -0.25) is 0 Å². The monoisotopic (exact) mass is 432 g/mol.